The summed E-state index contributed by atoms with van der Waals surface area (Å²) in [5.41, 5.74) is 9.69. The van der Waals surface area contributed by atoms with Gasteiger partial charge in [0, 0.05) is 29.2 Å². The zero-order valence-corrected chi connectivity index (χ0v) is 12.3. The molecule has 0 radical (unpaired) electrons. The van der Waals surface area contributed by atoms with E-state index in [1.165, 1.54) is 0 Å². The van der Waals surface area contributed by atoms with Crippen molar-refractivity contribution in [3.63, 3.8) is 0 Å². The van der Waals surface area contributed by atoms with Gasteiger partial charge in [0.25, 0.3) is 5.56 Å². The smallest absolute Gasteiger partial charge is 0.258 e. The summed E-state index contributed by atoms with van der Waals surface area (Å²) in [5.74, 6) is 0. The van der Waals surface area contributed by atoms with Crippen molar-refractivity contribution >= 4 is 10.8 Å². The third-order valence-corrected chi connectivity index (χ3v) is 4.53. The quantitative estimate of drug-likeness (QED) is 0.746. The Balaban J connectivity index is 2.20. The van der Waals surface area contributed by atoms with E-state index >= 15 is 0 Å². The summed E-state index contributed by atoms with van der Waals surface area (Å²) < 4.78 is 1.89. The number of rotatable bonds is 1. The molecule has 0 aliphatic carbocycles. The molecule has 1 atom stereocenters. The lowest BCUT2D eigenvalue weighted by atomic mass is 9.90. The van der Waals surface area contributed by atoms with Crippen LogP contribution in [0.25, 0.3) is 21.9 Å². The number of nitrogens with two attached hydrogens (primary N) is 1. The van der Waals surface area contributed by atoms with Gasteiger partial charge in [-0.3, -0.25) is 4.79 Å². The predicted molar refractivity (Wildman–Crippen MR) is 89.8 cm³/mol. The minimum atomic E-state index is -0.0822. The molecule has 3 aromatic rings. The van der Waals surface area contributed by atoms with Crippen LogP contribution < -0.4 is 11.3 Å². The molecule has 3 heteroatoms. The SMILES string of the molecule is NC1CCCn2c1c(-c1ccccc1)c1ccccc1c2=O. The van der Waals surface area contributed by atoms with E-state index in [4.69, 9.17) is 5.73 Å². The molecule has 0 saturated carbocycles. The number of hydrogen-bond acceptors (Lipinski definition) is 2. The maximum Gasteiger partial charge on any atom is 0.258 e. The fraction of sp³-hybridized carbons (Fsp3) is 0.211. The molecule has 22 heavy (non-hydrogen) atoms. The summed E-state index contributed by atoms with van der Waals surface area (Å²) in [6.07, 6.45) is 1.89. The molecule has 0 saturated heterocycles. The molecule has 1 unspecified atom stereocenters. The third kappa shape index (κ3) is 1.90. The lowest BCUT2D eigenvalue weighted by Gasteiger charge is -2.28. The van der Waals surface area contributed by atoms with Crippen LogP contribution in [-0.4, -0.2) is 4.57 Å². The van der Waals surface area contributed by atoms with Gasteiger partial charge >= 0.3 is 0 Å². The molecule has 4 rings (SSSR count). The van der Waals surface area contributed by atoms with Crippen molar-refractivity contribution in [1.82, 2.24) is 4.57 Å². The van der Waals surface area contributed by atoms with Gasteiger partial charge in [-0.1, -0.05) is 48.5 Å². The van der Waals surface area contributed by atoms with Crippen molar-refractivity contribution in [2.24, 2.45) is 5.73 Å². The largest absolute Gasteiger partial charge is 0.323 e. The van der Waals surface area contributed by atoms with Crippen molar-refractivity contribution in [2.75, 3.05) is 0 Å². The van der Waals surface area contributed by atoms with Gasteiger partial charge in [0.2, 0.25) is 0 Å². The summed E-state index contributed by atoms with van der Waals surface area (Å²) in [7, 11) is 0. The number of fused-ring (bicyclic) bond motifs is 2. The van der Waals surface area contributed by atoms with Crippen molar-refractivity contribution < 1.29 is 0 Å². The van der Waals surface area contributed by atoms with Crippen LogP contribution in [0.4, 0.5) is 0 Å². The van der Waals surface area contributed by atoms with Gasteiger partial charge in [0.1, 0.15) is 0 Å². The van der Waals surface area contributed by atoms with E-state index in [0.717, 1.165) is 47.0 Å². The van der Waals surface area contributed by atoms with Gasteiger partial charge in [-0.05, 0) is 29.9 Å². The van der Waals surface area contributed by atoms with Gasteiger partial charge in [0.15, 0.2) is 0 Å². The standard InChI is InChI=1S/C19H18N2O/c20-16-11-6-12-21-18(16)17(13-7-2-1-3-8-13)14-9-4-5-10-15(14)19(21)22/h1-5,7-10,16H,6,11-12,20H2. The van der Waals surface area contributed by atoms with E-state index in [-0.39, 0.29) is 11.6 Å². The van der Waals surface area contributed by atoms with Crippen LogP contribution in [0.3, 0.4) is 0 Å². The van der Waals surface area contributed by atoms with E-state index < -0.39 is 0 Å². The van der Waals surface area contributed by atoms with Crippen LogP contribution in [0, 0.1) is 0 Å². The zero-order valence-electron chi connectivity index (χ0n) is 12.3. The van der Waals surface area contributed by atoms with Gasteiger partial charge < -0.3 is 10.3 Å². The average molecular weight is 290 g/mol. The number of pyridine rings is 1. The number of nitrogens with zero attached hydrogens (tertiary/aromatic N) is 1. The molecule has 1 aromatic heterocycles. The van der Waals surface area contributed by atoms with Crippen molar-refractivity contribution in [3.8, 4) is 11.1 Å². The number of hydrogen-bond donors (Lipinski definition) is 1. The van der Waals surface area contributed by atoms with E-state index in [9.17, 15) is 4.79 Å². The minimum Gasteiger partial charge on any atom is -0.323 e. The van der Waals surface area contributed by atoms with Crippen molar-refractivity contribution in [2.45, 2.75) is 25.4 Å². The Hall–Kier alpha value is -2.39. The van der Waals surface area contributed by atoms with Crippen LogP contribution in [0.5, 0.6) is 0 Å². The summed E-state index contributed by atoms with van der Waals surface area (Å²) in [6, 6.07) is 18.0. The fourth-order valence-corrected chi connectivity index (χ4v) is 3.54. The van der Waals surface area contributed by atoms with Crippen LogP contribution in [0.2, 0.25) is 0 Å². The Kier molecular flexibility index (Phi) is 3.09. The highest BCUT2D eigenvalue weighted by atomic mass is 16.1. The molecule has 0 amide bonds. The van der Waals surface area contributed by atoms with Crippen molar-refractivity contribution in [1.29, 1.82) is 0 Å². The first-order valence-corrected chi connectivity index (χ1v) is 7.74. The van der Waals surface area contributed by atoms with E-state index in [2.05, 4.69) is 12.1 Å². The van der Waals surface area contributed by atoms with Crippen LogP contribution in [0.1, 0.15) is 24.6 Å². The molecule has 1 aliphatic rings. The molecule has 2 aromatic carbocycles. The first-order valence-electron chi connectivity index (χ1n) is 7.74. The monoisotopic (exact) mass is 290 g/mol. The normalized spacial score (nSPS) is 17.4. The van der Waals surface area contributed by atoms with E-state index in [1.54, 1.807) is 0 Å². The van der Waals surface area contributed by atoms with E-state index in [1.807, 2.05) is 47.0 Å². The van der Waals surface area contributed by atoms with E-state index in [0.29, 0.717) is 0 Å². The summed E-state index contributed by atoms with van der Waals surface area (Å²) >= 11 is 0. The first-order chi connectivity index (χ1) is 10.8. The molecule has 2 heterocycles. The first kappa shape index (κ1) is 13.3. The Morgan fingerprint density at radius 2 is 1.64 bits per heavy atom. The topological polar surface area (TPSA) is 48.0 Å². The van der Waals surface area contributed by atoms with Gasteiger partial charge in [-0.25, -0.2) is 0 Å². The van der Waals surface area contributed by atoms with Crippen LogP contribution >= 0.6 is 0 Å². The highest BCUT2D eigenvalue weighted by Gasteiger charge is 2.24. The molecule has 3 nitrogen and oxygen atoms in total. The highest BCUT2D eigenvalue weighted by Crippen LogP contribution is 2.36. The van der Waals surface area contributed by atoms with Crippen LogP contribution in [0.15, 0.2) is 59.4 Å². The average Bonchev–Trinajstić information content (AvgIpc) is 2.57. The Morgan fingerprint density at radius 3 is 2.41 bits per heavy atom. The highest BCUT2D eigenvalue weighted by molar-refractivity contribution is 5.97. The lowest BCUT2D eigenvalue weighted by molar-refractivity contribution is 0.452. The molecule has 110 valence electrons. The van der Waals surface area contributed by atoms with Gasteiger partial charge in [-0.15, -0.1) is 0 Å². The second-order valence-electron chi connectivity index (χ2n) is 5.88. The van der Waals surface area contributed by atoms with Gasteiger partial charge in [0.05, 0.1) is 0 Å². The summed E-state index contributed by atoms with van der Waals surface area (Å²) in [4.78, 5) is 12.8. The molecule has 2 N–H and O–H groups in total. The molecule has 0 bridgehead atoms. The second-order valence-corrected chi connectivity index (χ2v) is 5.88. The Labute approximate surface area is 129 Å². The Morgan fingerprint density at radius 1 is 0.955 bits per heavy atom. The van der Waals surface area contributed by atoms with Crippen LogP contribution in [-0.2, 0) is 6.54 Å². The van der Waals surface area contributed by atoms with Crippen molar-refractivity contribution in [3.05, 3.63) is 70.6 Å². The number of aromatic nitrogens is 1. The van der Waals surface area contributed by atoms with Gasteiger partial charge in [-0.2, -0.15) is 0 Å². The maximum atomic E-state index is 12.8. The molecule has 1 aliphatic heterocycles. The molecular weight excluding hydrogens is 272 g/mol. The molecule has 0 spiro atoms. The summed E-state index contributed by atoms with van der Waals surface area (Å²) in [5, 5.41) is 1.78. The second kappa shape index (κ2) is 5.11. The molecule has 0 fully saturated rings. The maximum absolute atomic E-state index is 12.8. The summed E-state index contributed by atoms with van der Waals surface area (Å²) in [6.45, 7) is 0.756. The lowest BCUT2D eigenvalue weighted by Crippen LogP contribution is -2.32. The molecular formula is C19H18N2O. The minimum absolute atomic E-state index is 0.0822. The Bertz CT molecular complexity index is 896. The third-order valence-electron chi connectivity index (χ3n) is 4.53. The predicted octanol–water partition coefficient (Wildman–Crippen LogP) is 3.46. The fourth-order valence-electron chi connectivity index (χ4n) is 3.54. The number of benzene rings is 2. The zero-order chi connectivity index (χ0) is 15.1.